The Morgan fingerprint density at radius 1 is 1.11 bits per heavy atom. The highest BCUT2D eigenvalue weighted by Gasteiger charge is 2.33. The van der Waals surface area contributed by atoms with Crippen molar-refractivity contribution in [3.8, 4) is 0 Å². The number of unbranched alkanes of at least 4 members (excludes halogenated alkanes) is 5. The first-order chi connectivity index (χ1) is 12.6. The fourth-order valence-electron chi connectivity index (χ4n) is 2.95. The molecule has 27 heavy (non-hydrogen) atoms. The molecule has 1 aromatic carbocycles. The highest BCUT2D eigenvalue weighted by atomic mass is 19.4. The summed E-state index contributed by atoms with van der Waals surface area (Å²) in [5.41, 5.74) is 5.17. The van der Waals surface area contributed by atoms with E-state index in [1.165, 1.54) is 12.1 Å². The smallest absolute Gasteiger partial charge is 0.416 e. The maximum Gasteiger partial charge on any atom is 0.416 e. The van der Waals surface area contributed by atoms with Crippen LogP contribution in [0.4, 0.5) is 13.2 Å². The molecule has 0 amide bonds. The molecule has 4 nitrogen and oxygen atoms in total. The summed E-state index contributed by atoms with van der Waals surface area (Å²) in [5, 5.41) is 8.66. The molecule has 3 N–H and O–H groups in total. The van der Waals surface area contributed by atoms with Crippen LogP contribution >= 0.6 is 0 Å². The Labute approximate surface area is 157 Å². The van der Waals surface area contributed by atoms with Crippen molar-refractivity contribution < 1.29 is 27.9 Å². The second kappa shape index (κ2) is 11.1. The van der Waals surface area contributed by atoms with Crippen LogP contribution in [-0.2, 0) is 28.6 Å². The van der Waals surface area contributed by atoms with Gasteiger partial charge in [0.1, 0.15) is 0 Å². The molecule has 0 aromatic heterocycles. The number of carbonyl (C=O) groups is 2. The van der Waals surface area contributed by atoms with E-state index in [2.05, 4.69) is 6.92 Å². The fraction of sp³-hybridized carbons (Fsp3) is 0.600. The van der Waals surface area contributed by atoms with Crippen LogP contribution < -0.4 is 5.73 Å². The van der Waals surface area contributed by atoms with E-state index < -0.39 is 36.0 Å². The van der Waals surface area contributed by atoms with Crippen LogP contribution in [0, 0.1) is 0 Å². The minimum absolute atomic E-state index is 0.194. The number of hydrogen-bond acceptors (Lipinski definition) is 3. The summed E-state index contributed by atoms with van der Waals surface area (Å²) in [6, 6.07) is 2.67. The normalized spacial score (nSPS) is 12.8. The summed E-state index contributed by atoms with van der Waals surface area (Å²) in [4.78, 5) is 22.5. The van der Waals surface area contributed by atoms with Gasteiger partial charge in [-0.25, -0.2) is 0 Å². The molecule has 0 fully saturated rings. The number of halogens is 3. The van der Waals surface area contributed by atoms with Gasteiger partial charge in [0.15, 0.2) is 5.78 Å². The van der Waals surface area contributed by atoms with Gasteiger partial charge in [-0.15, -0.1) is 0 Å². The summed E-state index contributed by atoms with van der Waals surface area (Å²) < 4.78 is 40.2. The Balaban J connectivity index is 2.78. The molecule has 7 heteroatoms. The molecule has 0 radical (unpaired) electrons. The van der Waals surface area contributed by atoms with E-state index in [1.54, 1.807) is 0 Å². The minimum atomic E-state index is -4.50. The minimum Gasteiger partial charge on any atom is -0.481 e. The quantitative estimate of drug-likeness (QED) is 0.517. The SMILES string of the molecule is CCCCCCCCc1ccc(CC(=O)[C@@H](N)CC(=O)O)cc1C(F)(F)F. The van der Waals surface area contributed by atoms with Crippen LogP contribution in [0.2, 0.25) is 0 Å². The lowest BCUT2D eigenvalue weighted by atomic mass is 9.95. The van der Waals surface area contributed by atoms with Crippen LogP contribution in [0.15, 0.2) is 18.2 Å². The summed E-state index contributed by atoms with van der Waals surface area (Å²) in [5.74, 6) is -1.81. The van der Waals surface area contributed by atoms with E-state index in [1.807, 2.05) is 0 Å². The van der Waals surface area contributed by atoms with Crippen molar-refractivity contribution in [1.29, 1.82) is 0 Å². The monoisotopic (exact) mass is 387 g/mol. The number of carboxylic acid groups (broad SMARTS) is 1. The first-order valence-electron chi connectivity index (χ1n) is 9.34. The second-order valence-corrected chi connectivity index (χ2v) is 6.85. The largest absolute Gasteiger partial charge is 0.481 e. The van der Waals surface area contributed by atoms with Crippen LogP contribution in [0.1, 0.15) is 68.6 Å². The Morgan fingerprint density at radius 2 is 1.74 bits per heavy atom. The maximum atomic E-state index is 13.4. The van der Waals surface area contributed by atoms with E-state index in [0.29, 0.717) is 12.8 Å². The number of carbonyl (C=O) groups excluding carboxylic acids is 1. The molecule has 0 aliphatic carbocycles. The van der Waals surface area contributed by atoms with Crippen molar-refractivity contribution >= 4 is 11.8 Å². The van der Waals surface area contributed by atoms with Crippen molar-refractivity contribution in [2.75, 3.05) is 0 Å². The molecule has 0 unspecified atom stereocenters. The average molecular weight is 387 g/mol. The van der Waals surface area contributed by atoms with Crippen LogP contribution in [0.3, 0.4) is 0 Å². The van der Waals surface area contributed by atoms with Gasteiger partial charge in [-0.05, 0) is 30.0 Å². The van der Waals surface area contributed by atoms with Gasteiger partial charge in [-0.3, -0.25) is 9.59 Å². The van der Waals surface area contributed by atoms with Gasteiger partial charge in [0.05, 0.1) is 18.0 Å². The Morgan fingerprint density at radius 3 is 2.33 bits per heavy atom. The molecule has 0 aliphatic heterocycles. The number of hydrogen-bond donors (Lipinski definition) is 2. The number of Topliss-reactive ketones (excluding diaryl/α,β-unsaturated/α-hetero) is 1. The van der Waals surface area contributed by atoms with Crippen molar-refractivity contribution in [2.24, 2.45) is 5.73 Å². The number of aryl methyl sites for hydroxylation is 1. The third-order valence-electron chi connectivity index (χ3n) is 4.47. The van der Waals surface area contributed by atoms with E-state index in [9.17, 15) is 22.8 Å². The molecular formula is C20H28F3NO3. The number of benzene rings is 1. The maximum absolute atomic E-state index is 13.4. The first kappa shape index (κ1) is 23.1. The zero-order valence-electron chi connectivity index (χ0n) is 15.6. The molecule has 152 valence electrons. The van der Waals surface area contributed by atoms with Gasteiger partial charge >= 0.3 is 12.1 Å². The third-order valence-corrected chi connectivity index (χ3v) is 4.47. The summed E-state index contributed by atoms with van der Waals surface area (Å²) >= 11 is 0. The lowest BCUT2D eigenvalue weighted by molar-refractivity contribution is -0.139. The van der Waals surface area contributed by atoms with E-state index >= 15 is 0 Å². The van der Waals surface area contributed by atoms with E-state index in [0.717, 1.165) is 38.2 Å². The zero-order chi connectivity index (χ0) is 20.4. The van der Waals surface area contributed by atoms with Gasteiger partial charge in [-0.2, -0.15) is 13.2 Å². The standard InChI is InChI=1S/C20H28F3NO3/c1-2-3-4-5-6-7-8-15-10-9-14(11-16(15)20(21,22)23)12-18(25)17(24)13-19(26)27/h9-11,17H,2-8,12-13,24H2,1H3,(H,26,27)/t17-/m0/s1. The number of nitrogens with two attached hydrogens (primary N) is 1. The molecule has 1 rings (SSSR count). The van der Waals surface area contributed by atoms with Gasteiger partial charge < -0.3 is 10.8 Å². The van der Waals surface area contributed by atoms with Gasteiger partial charge in [0, 0.05) is 6.42 Å². The Kier molecular flexibility index (Phi) is 9.49. The van der Waals surface area contributed by atoms with Gasteiger partial charge in [0.2, 0.25) is 0 Å². The molecule has 1 aromatic rings. The van der Waals surface area contributed by atoms with E-state index in [-0.39, 0.29) is 17.5 Å². The topological polar surface area (TPSA) is 80.4 Å². The average Bonchev–Trinajstić information content (AvgIpc) is 2.57. The first-order valence-corrected chi connectivity index (χ1v) is 9.34. The molecule has 1 atom stereocenters. The number of ketones is 1. The summed E-state index contributed by atoms with van der Waals surface area (Å²) in [7, 11) is 0. The predicted molar refractivity (Wildman–Crippen MR) is 97.5 cm³/mol. The number of aliphatic carboxylic acids is 1. The highest BCUT2D eigenvalue weighted by molar-refractivity contribution is 5.89. The van der Waals surface area contributed by atoms with Crippen molar-refractivity contribution in [2.45, 2.75) is 76.9 Å². The van der Waals surface area contributed by atoms with E-state index in [4.69, 9.17) is 10.8 Å². The molecule has 0 saturated heterocycles. The van der Waals surface area contributed by atoms with Gasteiger partial charge in [-0.1, -0.05) is 51.2 Å². The molecule has 0 bridgehead atoms. The highest BCUT2D eigenvalue weighted by Crippen LogP contribution is 2.33. The number of carboxylic acids is 1. The molecule has 0 heterocycles. The van der Waals surface area contributed by atoms with Crippen LogP contribution in [-0.4, -0.2) is 22.9 Å². The van der Waals surface area contributed by atoms with Gasteiger partial charge in [0.25, 0.3) is 0 Å². The number of rotatable bonds is 12. The summed E-state index contributed by atoms with van der Waals surface area (Å²) in [6.45, 7) is 2.11. The molecular weight excluding hydrogens is 359 g/mol. The molecule has 0 saturated carbocycles. The van der Waals surface area contributed by atoms with Crippen LogP contribution in [0.25, 0.3) is 0 Å². The van der Waals surface area contributed by atoms with Crippen molar-refractivity contribution in [3.63, 3.8) is 0 Å². The third kappa shape index (κ3) is 8.56. The molecule has 0 aliphatic rings. The molecule has 0 spiro atoms. The summed E-state index contributed by atoms with van der Waals surface area (Å²) in [6.07, 6.45) is 0.943. The van der Waals surface area contributed by atoms with Crippen LogP contribution in [0.5, 0.6) is 0 Å². The lowest BCUT2D eigenvalue weighted by Gasteiger charge is -2.15. The zero-order valence-corrected chi connectivity index (χ0v) is 15.6. The lowest BCUT2D eigenvalue weighted by Crippen LogP contribution is -2.34. The Bertz CT molecular complexity index is 629. The number of alkyl halides is 3. The second-order valence-electron chi connectivity index (χ2n) is 6.85. The van der Waals surface area contributed by atoms with Crippen molar-refractivity contribution in [3.05, 3.63) is 34.9 Å². The predicted octanol–water partition coefficient (Wildman–Crippen LogP) is 4.52. The van der Waals surface area contributed by atoms with Crippen molar-refractivity contribution in [1.82, 2.24) is 0 Å². The fourth-order valence-corrected chi connectivity index (χ4v) is 2.95. The Hall–Kier alpha value is -1.89.